The third-order valence-electron chi connectivity index (χ3n) is 7.98. The molecule has 0 aliphatic carbocycles. The van der Waals surface area contributed by atoms with Crippen molar-refractivity contribution in [3.05, 3.63) is 0 Å². The van der Waals surface area contributed by atoms with Gasteiger partial charge in [-0.25, -0.2) is 0 Å². The van der Waals surface area contributed by atoms with Crippen molar-refractivity contribution in [3.63, 3.8) is 0 Å². The van der Waals surface area contributed by atoms with Crippen molar-refractivity contribution >= 4 is 12.8 Å². The quantitative estimate of drug-likeness (QED) is 0.311. The molecule has 2 aliphatic rings. The van der Waals surface area contributed by atoms with E-state index >= 15 is 0 Å². The summed E-state index contributed by atoms with van der Waals surface area (Å²) in [5, 5.41) is 7.72. The third-order valence-corrected chi connectivity index (χ3v) is 7.98. The van der Waals surface area contributed by atoms with Crippen molar-refractivity contribution in [1.82, 2.24) is 20.4 Å². The number of unbranched alkanes of at least 4 members (excludes halogenated alkanes) is 3. The maximum absolute atomic E-state index is 12.4. The van der Waals surface area contributed by atoms with E-state index in [1.807, 2.05) is 4.90 Å². The Kier molecular flexibility index (Phi) is 9.65. The van der Waals surface area contributed by atoms with Gasteiger partial charge >= 0.3 is 0 Å². The van der Waals surface area contributed by atoms with E-state index in [-0.39, 0.29) is 34.2 Å². The fraction of sp³-hybridized carbons (Fsp3) is 0.929. The van der Waals surface area contributed by atoms with Gasteiger partial charge in [-0.1, -0.05) is 32.6 Å². The molecule has 2 saturated heterocycles. The van der Waals surface area contributed by atoms with E-state index in [0.717, 1.165) is 51.5 Å². The minimum absolute atomic E-state index is 0.00738. The van der Waals surface area contributed by atoms with Gasteiger partial charge in [0.1, 0.15) is 0 Å². The maximum Gasteiger partial charge on any atom is 0.210 e. The van der Waals surface area contributed by atoms with Gasteiger partial charge in [-0.15, -0.1) is 0 Å². The number of hydrogen-bond acceptors (Lipinski definition) is 4. The zero-order valence-electron chi connectivity index (χ0n) is 23.7. The molecule has 2 amide bonds. The number of amides is 2. The molecule has 34 heavy (non-hydrogen) atoms. The molecule has 2 N–H and O–H groups in total. The Morgan fingerprint density at radius 3 is 1.94 bits per heavy atom. The summed E-state index contributed by atoms with van der Waals surface area (Å²) in [7, 11) is 0. The number of carbonyl (C=O) groups is 2. The highest BCUT2D eigenvalue weighted by Gasteiger charge is 2.45. The van der Waals surface area contributed by atoms with Gasteiger partial charge in [0, 0.05) is 46.8 Å². The van der Waals surface area contributed by atoms with Crippen LogP contribution in [0.2, 0.25) is 0 Å². The molecular weight excluding hydrogens is 424 g/mol. The van der Waals surface area contributed by atoms with Crippen LogP contribution in [0.25, 0.3) is 0 Å². The molecule has 1 unspecified atom stereocenters. The summed E-state index contributed by atoms with van der Waals surface area (Å²) in [4.78, 5) is 28.3. The van der Waals surface area contributed by atoms with Crippen molar-refractivity contribution in [3.8, 4) is 0 Å². The van der Waals surface area contributed by atoms with E-state index in [4.69, 9.17) is 0 Å². The molecule has 198 valence electrons. The molecule has 0 aromatic carbocycles. The standard InChI is InChI=1S/C28H54N4O2/c1-10-11-12-13-14-22(29-23-15-27(6,7)32(21-34)28(8,9)16-23)19-31(20-33)24-17-25(2,3)30-26(4,5)18-24/h20-24,29-30H,10-19H2,1-9H3. The molecule has 0 bridgehead atoms. The Hall–Kier alpha value is -1.14. The summed E-state index contributed by atoms with van der Waals surface area (Å²) in [5.74, 6) is 0. The average Bonchev–Trinajstić information content (AvgIpc) is 2.65. The molecular formula is C28H54N4O2. The first-order valence-corrected chi connectivity index (χ1v) is 13.7. The summed E-state index contributed by atoms with van der Waals surface area (Å²) < 4.78 is 0. The highest BCUT2D eigenvalue weighted by atomic mass is 16.1. The van der Waals surface area contributed by atoms with Crippen molar-refractivity contribution in [2.24, 2.45) is 0 Å². The number of carbonyl (C=O) groups excluding carboxylic acids is 2. The Balaban J connectivity index is 2.16. The van der Waals surface area contributed by atoms with Crippen LogP contribution in [0.5, 0.6) is 0 Å². The van der Waals surface area contributed by atoms with Crippen LogP contribution >= 0.6 is 0 Å². The van der Waals surface area contributed by atoms with Crippen molar-refractivity contribution in [2.45, 2.75) is 160 Å². The van der Waals surface area contributed by atoms with Crippen LogP contribution in [-0.2, 0) is 9.59 Å². The number of rotatable bonds is 12. The van der Waals surface area contributed by atoms with Gasteiger partial charge in [-0.05, 0) is 87.5 Å². The van der Waals surface area contributed by atoms with E-state index in [2.05, 4.69) is 77.8 Å². The molecule has 6 nitrogen and oxygen atoms in total. The van der Waals surface area contributed by atoms with Crippen molar-refractivity contribution in [2.75, 3.05) is 6.54 Å². The first-order chi connectivity index (χ1) is 15.6. The Morgan fingerprint density at radius 1 is 0.912 bits per heavy atom. The minimum atomic E-state index is -0.193. The second kappa shape index (κ2) is 11.3. The zero-order chi connectivity index (χ0) is 25.8. The van der Waals surface area contributed by atoms with E-state index in [9.17, 15) is 9.59 Å². The summed E-state index contributed by atoms with van der Waals surface area (Å²) >= 11 is 0. The van der Waals surface area contributed by atoms with Gasteiger partial charge in [0.15, 0.2) is 0 Å². The Morgan fingerprint density at radius 2 is 1.47 bits per heavy atom. The summed E-state index contributed by atoms with van der Waals surface area (Å²) in [6.07, 6.45) is 11.9. The summed E-state index contributed by atoms with van der Waals surface area (Å²) in [6, 6.07) is 0.836. The lowest BCUT2D eigenvalue weighted by atomic mass is 9.77. The third kappa shape index (κ3) is 7.94. The summed E-state index contributed by atoms with van der Waals surface area (Å²) in [5.41, 5.74) is -0.371. The monoisotopic (exact) mass is 478 g/mol. The van der Waals surface area contributed by atoms with Gasteiger partial charge < -0.3 is 20.4 Å². The topological polar surface area (TPSA) is 64.7 Å². The number of nitrogens with zero attached hydrogens (tertiary/aromatic N) is 2. The first kappa shape index (κ1) is 29.1. The molecule has 0 saturated carbocycles. The van der Waals surface area contributed by atoms with Gasteiger partial charge in [0.05, 0.1) is 0 Å². The van der Waals surface area contributed by atoms with Crippen molar-refractivity contribution in [1.29, 1.82) is 0 Å². The molecule has 0 aromatic heterocycles. The average molecular weight is 479 g/mol. The lowest BCUT2D eigenvalue weighted by Crippen LogP contribution is -2.65. The molecule has 1 atom stereocenters. The second-order valence-corrected chi connectivity index (χ2v) is 13.7. The van der Waals surface area contributed by atoms with E-state index in [0.29, 0.717) is 6.04 Å². The second-order valence-electron chi connectivity index (χ2n) is 13.7. The Bertz CT molecular complexity index is 639. The predicted octanol–water partition coefficient (Wildman–Crippen LogP) is 4.86. The number of likely N-dealkylation sites (tertiary alicyclic amines) is 1. The van der Waals surface area contributed by atoms with E-state index in [1.54, 1.807) is 0 Å². The lowest BCUT2D eigenvalue weighted by Gasteiger charge is -2.54. The maximum atomic E-state index is 12.4. The fourth-order valence-corrected chi connectivity index (χ4v) is 7.11. The minimum Gasteiger partial charge on any atom is -0.341 e. The highest BCUT2D eigenvalue weighted by Crippen LogP contribution is 2.37. The van der Waals surface area contributed by atoms with E-state index < -0.39 is 0 Å². The predicted molar refractivity (Wildman–Crippen MR) is 142 cm³/mol. The molecule has 0 aromatic rings. The van der Waals surface area contributed by atoms with Gasteiger partial charge in [0.2, 0.25) is 12.8 Å². The van der Waals surface area contributed by atoms with Crippen LogP contribution in [0.3, 0.4) is 0 Å². The molecule has 2 rings (SSSR count). The summed E-state index contributed by atoms with van der Waals surface area (Å²) in [6.45, 7) is 20.7. The van der Waals surface area contributed by atoms with Gasteiger partial charge in [-0.3, -0.25) is 9.59 Å². The molecule has 2 heterocycles. The number of hydrogen-bond donors (Lipinski definition) is 2. The SMILES string of the molecule is CCCCCCC(CN(C=O)C1CC(C)(C)NC(C)(C)C1)NC1CC(C)(C)N(C=O)C(C)(C)C1. The van der Waals surface area contributed by atoms with Crippen LogP contribution in [0, 0.1) is 0 Å². The molecule has 6 heteroatoms. The van der Waals surface area contributed by atoms with Crippen LogP contribution in [0.4, 0.5) is 0 Å². The molecule has 2 aliphatic heterocycles. The van der Waals surface area contributed by atoms with Crippen LogP contribution in [0.15, 0.2) is 0 Å². The smallest absolute Gasteiger partial charge is 0.210 e. The number of piperidine rings is 2. The molecule has 0 spiro atoms. The zero-order valence-corrected chi connectivity index (χ0v) is 23.7. The van der Waals surface area contributed by atoms with Crippen LogP contribution < -0.4 is 10.6 Å². The van der Waals surface area contributed by atoms with Crippen molar-refractivity contribution < 1.29 is 9.59 Å². The van der Waals surface area contributed by atoms with Crippen LogP contribution in [-0.4, -0.2) is 69.4 Å². The van der Waals surface area contributed by atoms with Gasteiger partial charge in [-0.2, -0.15) is 0 Å². The lowest BCUT2D eigenvalue weighted by molar-refractivity contribution is -0.136. The first-order valence-electron chi connectivity index (χ1n) is 13.7. The van der Waals surface area contributed by atoms with E-state index in [1.165, 1.54) is 25.7 Å². The van der Waals surface area contributed by atoms with Gasteiger partial charge in [0.25, 0.3) is 0 Å². The Labute approximate surface area is 210 Å². The normalized spacial score (nSPS) is 25.0. The molecule has 2 fully saturated rings. The fourth-order valence-electron chi connectivity index (χ4n) is 7.11. The molecule has 0 radical (unpaired) electrons. The number of nitrogens with one attached hydrogen (secondary N) is 2. The highest BCUT2D eigenvalue weighted by molar-refractivity contribution is 5.51. The largest absolute Gasteiger partial charge is 0.341 e. The van der Waals surface area contributed by atoms with Crippen LogP contribution in [0.1, 0.15) is 120 Å².